The standard InChI is InChI=1S/2C9H15N3/c2*10-8-3-1-7(2-4-8)9-11-5-6-12-9/h2*5-8H,1-4,10H2,(H,11,12). The Morgan fingerprint density at radius 1 is 0.667 bits per heavy atom. The molecule has 2 aromatic heterocycles. The molecule has 0 spiro atoms. The number of nitrogens with one attached hydrogen (secondary N) is 2. The molecule has 0 aliphatic heterocycles. The van der Waals surface area contributed by atoms with Crippen molar-refractivity contribution in [1.29, 1.82) is 0 Å². The minimum absolute atomic E-state index is 0.427. The Morgan fingerprint density at radius 2 is 1.04 bits per heavy atom. The number of nitrogens with two attached hydrogens (primary N) is 2. The van der Waals surface area contributed by atoms with Crippen molar-refractivity contribution in [3.63, 3.8) is 0 Å². The summed E-state index contributed by atoms with van der Waals surface area (Å²) in [5.41, 5.74) is 11.6. The summed E-state index contributed by atoms with van der Waals surface area (Å²) in [5.74, 6) is 3.53. The van der Waals surface area contributed by atoms with Gasteiger partial charge < -0.3 is 21.4 Å². The molecule has 0 aromatic carbocycles. The zero-order valence-electron chi connectivity index (χ0n) is 14.3. The van der Waals surface area contributed by atoms with Crippen molar-refractivity contribution in [3.05, 3.63) is 36.4 Å². The monoisotopic (exact) mass is 330 g/mol. The zero-order valence-corrected chi connectivity index (χ0v) is 14.3. The second-order valence-electron chi connectivity index (χ2n) is 7.17. The van der Waals surface area contributed by atoms with E-state index in [0.717, 1.165) is 37.3 Å². The number of nitrogens with zero attached hydrogens (tertiary/aromatic N) is 2. The van der Waals surface area contributed by atoms with Gasteiger partial charge in [-0.2, -0.15) is 0 Å². The van der Waals surface area contributed by atoms with Gasteiger partial charge in [0.15, 0.2) is 0 Å². The molecule has 6 N–H and O–H groups in total. The second-order valence-corrected chi connectivity index (χ2v) is 7.17. The summed E-state index contributed by atoms with van der Waals surface area (Å²) in [7, 11) is 0. The Morgan fingerprint density at radius 3 is 1.33 bits per heavy atom. The number of rotatable bonds is 2. The summed E-state index contributed by atoms with van der Waals surface area (Å²) in [5, 5.41) is 0. The summed E-state index contributed by atoms with van der Waals surface area (Å²) in [6.45, 7) is 0. The molecule has 6 heteroatoms. The average Bonchev–Trinajstić information content (AvgIpc) is 3.31. The van der Waals surface area contributed by atoms with Gasteiger partial charge in [-0.15, -0.1) is 0 Å². The van der Waals surface area contributed by atoms with Crippen LogP contribution in [0.15, 0.2) is 24.8 Å². The van der Waals surface area contributed by atoms with E-state index in [9.17, 15) is 0 Å². The van der Waals surface area contributed by atoms with E-state index < -0.39 is 0 Å². The van der Waals surface area contributed by atoms with Gasteiger partial charge in [0.1, 0.15) is 11.6 Å². The van der Waals surface area contributed by atoms with Crippen molar-refractivity contribution in [1.82, 2.24) is 19.9 Å². The lowest BCUT2D eigenvalue weighted by atomic mass is 9.86. The summed E-state index contributed by atoms with van der Waals surface area (Å²) in [6, 6.07) is 0.854. The van der Waals surface area contributed by atoms with Gasteiger partial charge in [0.2, 0.25) is 0 Å². The van der Waals surface area contributed by atoms with E-state index in [2.05, 4.69) is 19.9 Å². The first kappa shape index (κ1) is 17.2. The Balaban J connectivity index is 0.000000141. The quantitative estimate of drug-likeness (QED) is 0.678. The van der Waals surface area contributed by atoms with Crippen molar-refractivity contribution in [3.8, 4) is 0 Å². The van der Waals surface area contributed by atoms with Crippen molar-refractivity contribution < 1.29 is 0 Å². The van der Waals surface area contributed by atoms with Gasteiger partial charge in [-0.3, -0.25) is 0 Å². The Labute approximate surface area is 143 Å². The molecule has 24 heavy (non-hydrogen) atoms. The largest absolute Gasteiger partial charge is 0.348 e. The van der Waals surface area contributed by atoms with Gasteiger partial charge in [-0.05, 0) is 51.4 Å². The first-order chi connectivity index (χ1) is 11.7. The van der Waals surface area contributed by atoms with Gasteiger partial charge in [0.25, 0.3) is 0 Å². The molecular formula is C18H30N6. The van der Waals surface area contributed by atoms with Crippen LogP contribution in [0.4, 0.5) is 0 Å². The SMILES string of the molecule is NC1CCC(c2ncc[nH]2)CC1.NC1CCC(c2ncc[nH]2)CC1. The average molecular weight is 330 g/mol. The van der Waals surface area contributed by atoms with Gasteiger partial charge in [-0.1, -0.05) is 0 Å². The highest BCUT2D eigenvalue weighted by atomic mass is 14.9. The van der Waals surface area contributed by atoms with Gasteiger partial charge in [-0.25, -0.2) is 9.97 Å². The van der Waals surface area contributed by atoms with E-state index in [4.69, 9.17) is 11.5 Å². The molecule has 2 heterocycles. The number of hydrogen-bond acceptors (Lipinski definition) is 4. The van der Waals surface area contributed by atoms with Crippen LogP contribution in [0, 0.1) is 0 Å². The van der Waals surface area contributed by atoms with Crippen molar-refractivity contribution in [2.75, 3.05) is 0 Å². The Kier molecular flexibility index (Phi) is 6.04. The van der Waals surface area contributed by atoms with E-state index >= 15 is 0 Å². The minimum atomic E-state index is 0.427. The molecule has 2 fully saturated rings. The molecule has 0 radical (unpaired) electrons. The predicted molar refractivity (Wildman–Crippen MR) is 95.5 cm³/mol. The maximum Gasteiger partial charge on any atom is 0.109 e. The molecule has 0 bridgehead atoms. The van der Waals surface area contributed by atoms with Crippen LogP contribution in [0.1, 0.15) is 74.9 Å². The number of imidazole rings is 2. The number of aromatic nitrogens is 4. The molecule has 2 aliphatic rings. The molecule has 2 saturated carbocycles. The number of H-pyrrole nitrogens is 2. The fraction of sp³-hybridized carbons (Fsp3) is 0.667. The highest BCUT2D eigenvalue weighted by Crippen LogP contribution is 2.30. The summed E-state index contributed by atoms with van der Waals surface area (Å²) in [4.78, 5) is 14.9. The highest BCUT2D eigenvalue weighted by Gasteiger charge is 2.22. The molecule has 6 nitrogen and oxygen atoms in total. The van der Waals surface area contributed by atoms with Crippen LogP contribution < -0.4 is 11.5 Å². The first-order valence-electron chi connectivity index (χ1n) is 9.22. The van der Waals surface area contributed by atoms with Crippen LogP contribution in [0.25, 0.3) is 0 Å². The highest BCUT2D eigenvalue weighted by molar-refractivity contribution is 5.00. The molecule has 0 unspecified atom stereocenters. The first-order valence-corrected chi connectivity index (χ1v) is 9.22. The predicted octanol–water partition coefficient (Wildman–Crippen LogP) is 2.79. The van der Waals surface area contributed by atoms with Gasteiger partial charge in [0.05, 0.1) is 0 Å². The third kappa shape index (κ3) is 4.68. The maximum absolute atomic E-state index is 5.82. The minimum Gasteiger partial charge on any atom is -0.348 e. The lowest BCUT2D eigenvalue weighted by Gasteiger charge is -2.24. The molecule has 2 aromatic rings. The van der Waals surface area contributed by atoms with Crippen LogP contribution >= 0.6 is 0 Å². The van der Waals surface area contributed by atoms with Gasteiger partial charge >= 0.3 is 0 Å². The number of hydrogen-bond donors (Lipinski definition) is 4. The topological polar surface area (TPSA) is 109 Å². The second kappa shape index (κ2) is 8.44. The van der Waals surface area contributed by atoms with E-state index in [1.807, 2.05) is 24.8 Å². The van der Waals surface area contributed by atoms with E-state index in [-0.39, 0.29) is 0 Å². The molecule has 0 atom stereocenters. The van der Waals surface area contributed by atoms with Crippen LogP contribution in [-0.2, 0) is 0 Å². The van der Waals surface area contributed by atoms with Crippen molar-refractivity contribution >= 4 is 0 Å². The zero-order chi connectivity index (χ0) is 16.8. The summed E-state index contributed by atoms with van der Waals surface area (Å²) >= 11 is 0. The maximum atomic E-state index is 5.82. The number of aromatic amines is 2. The molecule has 0 amide bonds. The molecule has 4 rings (SSSR count). The van der Waals surface area contributed by atoms with E-state index in [0.29, 0.717) is 23.9 Å². The molecule has 2 aliphatic carbocycles. The smallest absolute Gasteiger partial charge is 0.109 e. The fourth-order valence-electron chi connectivity index (χ4n) is 3.79. The van der Waals surface area contributed by atoms with Crippen LogP contribution in [0.2, 0.25) is 0 Å². The molecular weight excluding hydrogens is 300 g/mol. The fourth-order valence-corrected chi connectivity index (χ4v) is 3.79. The summed E-state index contributed by atoms with van der Waals surface area (Å²) < 4.78 is 0. The van der Waals surface area contributed by atoms with Crippen LogP contribution in [0.3, 0.4) is 0 Å². The molecule has 0 saturated heterocycles. The third-order valence-electron chi connectivity index (χ3n) is 5.36. The van der Waals surface area contributed by atoms with Crippen LogP contribution in [0.5, 0.6) is 0 Å². The van der Waals surface area contributed by atoms with Crippen molar-refractivity contribution in [2.45, 2.75) is 75.3 Å². The summed E-state index contributed by atoms with van der Waals surface area (Å²) in [6.07, 6.45) is 16.8. The third-order valence-corrected chi connectivity index (χ3v) is 5.36. The molecule has 132 valence electrons. The van der Waals surface area contributed by atoms with Crippen molar-refractivity contribution in [2.24, 2.45) is 11.5 Å². The normalized spacial score (nSPS) is 30.4. The Hall–Kier alpha value is -1.66. The lowest BCUT2D eigenvalue weighted by molar-refractivity contribution is 0.386. The lowest BCUT2D eigenvalue weighted by Crippen LogP contribution is -2.26. The van der Waals surface area contributed by atoms with E-state index in [1.165, 1.54) is 25.7 Å². The van der Waals surface area contributed by atoms with Crippen LogP contribution in [-0.4, -0.2) is 32.0 Å². The van der Waals surface area contributed by atoms with Gasteiger partial charge in [0, 0.05) is 48.7 Å². The Bertz CT molecular complexity index is 496. The van der Waals surface area contributed by atoms with E-state index in [1.54, 1.807) is 0 Å².